The van der Waals surface area contributed by atoms with Crippen molar-refractivity contribution < 1.29 is 8.83 Å². The minimum Gasteiger partial charge on any atom is -0.455 e. The second-order valence-corrected chi connectivity index (χ2v) is 14.3. The Kier molecular flexibility index (Phi) is 6.83. The highest BCUT2D eigenvalue weighted by molar-refractivity contribution is 6.16. The van der Waals surface area contributed by atoms with Gasteiger partial charge in [0.25, 0.3) is 0 Å². The van der Waals surface area contributed by atoms with E-state index in [-0.39, 0.29) is 0 Å². The molecule has 4 aromatic heterocycles. The fourth-order valence-electron chi connectivity index (χ4n) is 8.50. The Morgan fingerprint density at radius 2 is 0.912 bits per heavy atom. The first-order chi connectivity index (χ1) is 28.3. The van der Waals surface area contributed by atoms with Crippen LogP contribution in [0.3, 0.4) is 0 Å². The third kappa shape index (κ3) is 4.87. The molecule has 6 heteroatoms. The standard InChI is InChI=1S/C51H30N4O2/c1-3-14-31(15-4-1)49-52-50(32-16-5-2-6-17-32)54-51(53-49)40-23-13-27-44-46(40)39-22-11-20-34(47(39)56-44)33-28-29-37-38-21-12-26-43(48(38)57-45(37)30-33)55-41-24-9-7-18-35(41)36-19-8-10-25-42(36)55/h1-30H. The minimum absolute atomic E-state index is 0.587. The molecular formula is C51H30N4O2. The molecule has 57 heavy (non-hydrogen) atoms. The van der Waals surface area contributed by atoms with Crippen molar-refractivity contribution in [1.82, 2.24) is 19.5 Å². The van der Waals surface area contributed by atoms with Crippen molar-refractivity contribution in [2.45, 2.75) is 0 Å². The molecule has 6 nitrogen and oxygen atoms in total. The van der Waals surface area contributed by atoms with Gasteiger partial charge in [0.05, 0.1) is 16.7 Å². The van der Waals surface area contributed by atoms with Crippen LogP contribution in [-0.2, 0) is 0 Å². The lowest BCUT2D eigenvalue weighted by atomic mass is 9.99. The van der Waals surface area contributed by atoms with Gasteiger partial charge in [-0.1, -0.05) is 146 Å². The van der Waals surface area contributed by atoms with Crippen molar-refractivity contribution in [3.63, 3.8) is 0 Å². The molecule has 0 N–H and O–H groups in total. The molecule has 0 aliphatic carbocycles. The Morgan fingerprint density at radius 1 is 0.351 bits per heavy atom. The summed E-state index contributed by atoms with van der Waals surface area (Å²) in [5.74, 6) is 1.82. The highest BCUT2D eigenvalue weighted by atomic mass is 16.3. The first-order valence-corrected chi connectivity index (χ1v) is 19.0. The summed E-state index contributed by atoms with van der Waals surface area (Å²) in [7, 11) is 0. The number of benzene rings is 8. The van der Waals surface area contributed by atoms with E-state index in [1.165, 1.54) is 10.8 Å². The summed E-state index contributed by atoms with van der Waals surface area (Å²) in [4.78, 5) is 15.0. The summed E-state index contributed by atoms with van der Waals surface area (Å²) < 4.78 is 15.9. The van der Waals surface area contributed by atoms with Crippen molar-refractivity contribution >= 4 is 65.7 Å². The first kappa shape index (κ1) is 31.5. The predicted octanol–water partition coefficient (Wildman–Crippen LogP) is 13.4. The van der Waals surface area contributed by atoms with Crippen LogP contribution in [0.15, 0.2) is 191 Å². The number of aromatic nitrogens is 4. The molecular weight excluding hydrogens is 701 g/mol. The van der Waals surface area contributed by atoms with Crippen LogP contribution in [0, 0.1) is 0 Å². The van der Waals surface area contributed by atoms with Crippen LogP contribution in [0.2, 0.25) is 0 Å². The molecule has 0 aliphatic rings. The summed E-state index contributed by atoms with van der Waals surface area (Å²) >= 11 is 0. The monoisotopic (exact) mass is 730 g/mol. The number of rotatable bonds is 5. The van der Waals surface area contributed by atoms with Crippen LogP contribution in [0.25, 0.3) is 117 Å². The van der Waals surface area contributed by atoms with E-state index in [0.29, 0.717) is 17.5 Å². The van der Waals surface area contributed by atoms with E-state index >= 15 is 0 Å². The SMILES string of the molecule is c1ccc(-c2nc(-c3ccccc3)nc(-c3cccc4oc5c(-c6ccc7c(c6)oc6c(-n8c9ccccc9c9ccccc98)cccc67)cccc5c34)n2)cc1. The summed E-state index contributed by atoms with van der Waals surface area (Å²) in [6, 6.07) is 62.5. The Hall–Kier alpha value is -7.83. The van der Waals surface area contributed by atoms with E-state index in [1.807, 2.05) is 72.8 Å². The third-order valence-electron chi connectivity index (χ3n) is 11.1. The zero-order chi connectivity index (χ0) is 37.5. The van der Waals surface area contributed by atoms with Gasteiger partial charge in [-0.3, -0.25) is 0 Å². The van der Waals surface area contributed by atoms with Gasteiger partial charge in [0.15, 0.2) is 23.1 Å². The van der Waals surface area contributed by atoms with Crippen LogP contribution in [0.1, 0.15) is 0 Å². The van der Waals surface area contributed by atoms with Crippen LogP contribution in [0.4, 0.5) is 0 Å². The van der Waals surface area contributed by atoms with E-state index in [9.17, 15) is 0 Å². The van der Waals surface area contributed by atoms with Gasteiger partial charge in [0.2, 0.25) is 0 Å². The van der Waals surface area contributed by atoms with E-state index in [2.05, 4.69) is 114 Å². The molecule has 0 unspecified atom stereocenters. The van der Waals surface area contributed by atoms with Crippen molar-refractivity contribution in [1.29, 1.82) is 0 Å². The van der Waals surface area contributed by atoms with Gasteiger partial charge < -0.3 is 13.4 Å². The summed E-state index contributed by atoms with van der Waals surface area (Å²) in [5.41, 5.74) is 11.2. The second kappa shape index (κ2) is 12.3. The number of hydrogen-bond donors (Lipinski definition) is 0. The maximum atomic E-state index is 6.84. The zero-order valence-corrected chi connectivity index (χ0v) is 30.4. The van der Waals surface area contributed by atoms with Gasteiger partial charge >= 0.3 is 0 Å². The lowest BCUT2D eigenvalue weighted by Gasteiger charge is -2.09. The van der Waals surface area contributed by atoms with E-state index < -0.39 is 0 Å². The molecule has 0 radical (unpaired) electrons. The Morgan fingerprint density at radius 3 is 1.63 bits per heavy atom. The van der Waals surface area contributed by atoms with E-state index in [4.69, 9.17) is 23.8 Å². The maximum Gasteiger partial charge on any atom is 0.164 e. The molecule has 8 aromatic carbocycles. The van der Waals surface area contributed by atoms with Crippen molar-refractivity contribution in [2.24, 2.45) is 0 Å². The maximum absolute atomic E-state index is 6.84. The minimum atomic E-state index is 0.587. The van der Waals surface area contributed by atoms with Crippen molar-refractivity contribution in [3.8, 4) is 51.0 Å². The first-order valence-electron chi connectivity index (χ1n) is 19.0. The highest BCUT2D eigenvalue weighted by Gasteiger charge is 2.21. The smallest absolute Gasteiger partial charge is 0.164 e. The normalized spacial score (nSPS) is 11.9. The third-order valence-corrected chi connectivity index (χ3v) is 11.1. The second-order valence-electron chi connectivity index (χ2n) is 14.3. The fraction of sp³-hybridized carbons (Fsp3) is 0. The molecule has 12 aromatic rings. The number of fused-ring (bicyclic) bond motifs is 9. The predicted molar refractivity (Wildman–Crippen MR) is 230 cm³/mol. The Balaban J connectivity index is 1.03. The highest BCUT2D eigenvalue weighted by Crippen LogP contribution is 2.43. The molecule has 0 saturated carbocycles. The van der Waals surface area contributed by atoms with Gasteiger partial charge in [-0.25, -0.2) is 15.0 Å². The van der Waals surface area contributed by atoms with Crippen LogP contribution < -0.4 is 0 Å². The Labute approximate surface area is 325 Å². The van der Waals surface area contributed by atoms with E-state index in [0.717, 1.165) is 88.4 Å². The van der Waals surface area contributed by atoms with Crippen molar-refractivity contribution in [3.05, 3.63) is 182 Å². The number of hydrogen-bond acceptors (Lipinski definition) is 5. The fourth-order valence-corrected chi connectivity index (χ4v) is 8.50. The molecule has 12 rings (SSSR count). The van der Waals surface area contributed by atoms with Gasteiger partial charge in [-0.2, -0.15) is 0 Å². The van der Waals surface area contributed by atoms with Crippen LogP contribution in [-0.4, -0.2) is 19.5 Å². The zero-order valence-electron chi connectivity index (χ0n) is 30.4. The summed E-state index contributed by atoms with van der Waals surface area (Å²) in [6.45, 7) is 0. The lowest BCUT2D eigenvalue weighted by Crippen LogP contribution is -2.00. The quantitative estimate of drug-likeness (QED) is 0.176. The lowest BCUT2D eigenvalue weighted by molar-refractivity contribution is 0.666. The van der Waals surface area contributed by atoms with Gasteiger partial charge in [0.1, 0.15) is 16.7 Å². The Bertz CT molecular complexity index is 3410. The topological polar surface area (TPSA) is 69.9 Å². The molecule has 0 aliphatic heterocycles. The number of furan rings is 2. The molecule has 0 spiro atoms. The molecule has 0 saturated heterocycles. The molecule has 266 valence electrons. The van der Waals surface area contributed by atoms with Crippen LogP contribution >= 0.6 is 0 Å². The number of para-hydroxylation sites is 4. The molecule has 0 fully saturated rings. The molecule has 0 amide bonds. The van der Waals surface area contributed by atoms with Gasteiger partial charge in [-0.05, 0) is 42.0 Å². The average molecular weight is 731 g/mol. The average Bonchev–Trinajstić information content (AvgIpc) is 3.96. The number of nitrogens with zero attached hydrogens (tertiary/aromatic N) is 4. The molecule has 0 atom stereocenters. The van der Waals surface area contributed by atoms with Gasteiger partial charge in [0, 0.05) is 54.6 Å². The van der Waals surface area contributed by atoms with Crippen LogP contribution in [0.5, 0.6) is 0 Å². The summed E-state index contributed by atoms with van der Waals surface area (Å²) in [5, 5.41) is 6.51. The van der Waals surface area contributed by atoms with Gasteiger partial charge in [-0.15, -0.1) is 0 Å². The largest absolute Gasteiger partial charge is 0.455 e. The molecule has 4 heterocycles. The summed E-state index contributed by atoms with van der Waals surface area (Å²) in [6.07, 6.45) is 0. The van der Waals surface area contributed by atoms with Crippen molar-refractivity contribution in [2.75, 3.05) is 0 Å². The molecule has 0 bridgehead atoms. The van der Waals surface area contributed by atoms with E-state index in [1.54, 1.807) is 0 Å².